The number of guanidine groups is 1. The number of primary amides is 1. The van der Waals surface area contributed by atoms with Crippen LogP contribution in [0.15, 0.2) is 97.6 Å². The normalized spacial score (nSPS) is 15.5. The minimum absolute atomic E-state index is 0.00509. The Kier molecular flexibility index (Phi) is 37.9. The number of aromatic amines is 2. The SMILES string of the molecule is CC[C@H](C)[C@H](NC(=O)[C@H](CO)NC(=O)[C@H](Cc1ccc(O)cc1)NC(=O)[C@H](CO)NC(C)=O)C(=O)N[C@@H](CCC(=O)O)C(=O)N[C@@H](Cc1cnc[nH]1)C(=O)N[C@@H](Cc1ccccc1)C(=O)N[C@@H](CCCNC(=N)N)C(=O)N[C@@H](Cc1c[nH]c2ccccc12)C(=O)NCC(=O)N[C@@H](CCCCN)C(=O)N1CCC[C@H]1C(=O)N[C@H](C(N)=O)C(C)C. The van der Waals surface area contributed by atoms with Crippen molar-refractivity contribution >= 4 is 106 Å². The van der Waals surface area contributed by atoms with E-state index in [2.05, 4.69) is 84.1 Å². The van der Waals surface area contributed by atoms with Gasteiger partial charge in [0.05, 0.1) is 26.1 Å². The van der Waals surface area contributed by atoms with Gasteiger partial charge in [-0.15, -0.1) is 0 Å². The molecule has 40 heteroatoms. The summed E-state index contributed by atoms with van der Waals surface area (Å²) in [5.41, 5.74) is 19.3. The van der Waals surface area contributed by atoms with Gasteiger partial charge in [0, 0.05) is 81.1 Å². The third-order valence-electron chi connectivity index (χ3n) is 19.8. The van der Waals surface area contributed by atoms with Crippen LogP contribution in [0.1, 0.15) is 121 Å². The van der Waals surface area contributed by atoms with Crippen LogP contribution in [-0.4, -0.2) is 247 Å². The molecule has 0 bridgehead atoms. The summed E-state index contributed by atoms with van der Waals surface area (Å²) in [7, 11) is 0. The summed E-state index contributed by atoms with van der Waals surface area (Å²) in [5.74, 6) is -15.9. The Hall–Kier alpha value is -12.6. The number of hydrogen-bond acceptors (Lipinski definition) is 21. The number of aliphatic carboxylic acids is 1. The molecule has 1 fully saturated rings. The molecule has 13 atom stereocenters. The highest BCUT2D eigenvalue weighted by atomic mass is 16.4. The summed E-state index contributed by atoms with van der Waals surface area (Å²) in [6.45, 7) is 5.37. The average molecular weight is 1650 g/mol. The number of phenols is 1. The van der Waals surface area contributed by atoms with Gasteiger partial charge in [0.1, 0.15) is 78.3 Å². The lowest BCUT2D eigenvalue weighted by molar-refractivity contribution is -0.142. The van der Waals surface area contributed by atoms with Crippen molar-refractivity contribution in [2.75, 3.05) is 39.4 Å². The number of aromatic hydroxyl groups is 1. The van der Waals surface area contributed by atoms with Crippen LogP contribution in [0.3, 0.4) is 0 Å². The number of nitrogens with one attached hydrogen (secondary N) is 16. The maximum atomic E-state index is 15.2. The molecule has 3 heterocycles. The highest BCUT2D eigenvalue weighted by molar-refractivity contribution is 6.00. The fourth-order valence-corrected chi connectivity index (χ4v) is 13.1. The molecule has 40 nitrogen and oxygen atoms in total. The predicted molar refractivity (Wildman–Crippen MR) is 427 cm³/mol. The lowest BCUT2D eigenvalue weighted by atomic mass is 9.97. The number of nitrogens with zero attached hydrogens (tertiary/aromatic N) is 2. The van der Waals surface area contributed by atoms with Crippen LogP contribution < -0.4 is 86.3 Å². The zero-order valence-corrected chi connectivity index (χ0v) is 66.5. The molecule has 1 aliphatic heterocycles. The van der Waals surface area contributed by atoms with Gasteiger partial charge in [0.25, 0.3) is 0 Å². The molecule has 26 N–H and O–H groups in total. The number of carboxylic acid groups (broad SMARTS) is 1. The van der Waals surface area contributed by atoms with E-state index in [0.717, 1.165) is 6.92 Å². The number of phenolic OH excluding ortho intramolecular Hbond substituents is 1. The molecule has 0 unspecified atom stereocenters. The highest BCUT2D eigenvalue weighted by Crippen LogP contribution is 2.23. The summed E-state index contributed by atoms with van der Waals surface area (Å²) >= 11 is 0. The quantitative estimate of drug-likeness (QED) is 0.00996. The molecule has 1 saturated heterocycles. The second-order valence-corrected chi connectivity index (χ2v) is 29.2. The molecule has 0 saturated carbocycles. The van der Waals surface area contributed by atoms with Crippen LogP contribution in [-0.2, 0) is 97.6 Å². The second-order valence-electron chi connectivity index (χ2n) is 29.2. The standard InChI is InChI=1S/C78H111N21O19/c1-6-43(4)65(98-74(115)60(40-101)96-71(112)56(33-46-23-25-49(103)26-24-46)93-73(114)59(39-100)88-44(5)102)76(117)91-53(27-28-63(105)106)69(110)95-58(35-48-37-83-41-87-48)72(113)92-55(32-45-16-8-7-9-17-45)70(111)90-52(21-14-30-84-78(81)82)68(109)94-57(34-47-36-85-51-19-11-10-18-50(47)51)67(108)86-38-62(104)89-54(20-12-13-29-79)77(118)99-31-15-22-61(99)75(116)97-64(42(2)3)66(80)107/h7-11,16-19,23-26,36-37,41-43,52-61,64-65,85,100-101,103H,6,12-15,20-22,27-35,38-40,79H2,1-5H3,(H2,80,107)(H,83,87)(H,86,108)(H,88,102)(H,89,104)(H,90,111)(H,91,117)(H,92,113)(H,93,114)(H,94,109)(H,95,110)(H,96,112)(H,97,116)(H,98,115)(H,105,106)(H4,81,82,84)/t43-,52-,53-,54-,55-,56-,57-,58-,59-,60-,61-,64-,65-/m0/s1. The van der Waals surface area contributed by atoms with Gasteiger partial charge in [0.2, 0.25) is 82.7 Å². The Bertz CT molecular complexity index is 4260. The van der Waals surface area contributed by atoms with Gasteiger partial charge in [-0.1, -0.05) is 94.8 Å². The van der Waals surface area contributed by atoms with Crippen LogP contribution in [0.5, 0.6) is 5.75 Å². The maximum Gasteiger partial charge on any atom is 0.303 e. The van der Waals surface area contributed by atoms with Gasteiger partial charge < -0.3 is 122 Å². The van der Waals surface area contributed by atoms with E-state index in [9.17, 15) is 78.0 Å². The molecule has 118 heavy (non-hydrogen) atoms. The van der Waals surface area contributed by atoms with Gasteiger partial charge in [0.15, 0.2) is 5.96 Å². The Morgan fingerprint density at radius 3 is 1.67 bits per heavy atom. The van der Waals surface area contributed by atoms with E-state index in [1.807, 2.05) is 0 Å². The van der Waals surface area contributed by atoms with E-state index in [1.54, 1.807) is 81.6 Å². The Morgan fingerprint density at radius 2 is 1.10 bits per heavy atom. The van der Waals surface area contributed by atoms with Crippen molar-refractivity contribution in [1.82, 2.24) is 89.0 Å². The van der Waals surface area contributed by atoms with Crippen LogP contribution in [0.25, 0.3) is 10.9 Å². The average Bonchev–Trinajstić information content (AvgIpc) is 1.68. The van der Waals surface area contributed by atoms with Crippen LogP contribution >= 0.6 is 0 Å². The predicted octanol–water partition coefficient (Wildman–Crippen LogP) is -4.24. The number of likely N-dealkylation sites (tertiary alicyclic amines) is 1. The van der Waals surface area contributed by atoms with Gasteiger partial charge in [-0.2, -0.15) is 0 Å². The number of unbranched alkanes of at least 4 members (excludes halogenated alkanes) is 1. The van der Waals surface area contributed by atoms with E-state index in [4.69, 9.17) is 22.6 Å². The van der Waals surface area contributed by atoms with E-state index < -0.39 is 212 Å². The number of aliphatic hydroxyl groups is 2. The van der Waals surface area contributed by atoms with Gasteiger partial charge >= 0.3 is 5.97 Å². The van der Waals surface area contributed by atoms with Gasteiger partial charge in [-0.3, -0.25) is 77.3 Å². The minimum Gasteiger partial charge on any atom is -0.508 e. The summed E-state index contributed by atoms with van der Waals surface area (Å²) in [4.78, 5) is 221. The van der Waals surface area contributed by atoms with Crippen molar-refractivity contribution in [1.29, 1.82) is 5.41 Å². The first-order chi connectivity index (χ1) is 56.2. The summed E-state index contributed by atoms with van der Waals surface area (Å²) in [6, 6.07) is 2.91. The molecule has 6 rings (SSSR count). The number of H-pyrrole nitrogens is 2. The largest absolute Gasteiger partial charge is 0.508 e. The smallest absolute Gasteiger partial charge is 0.303 e. The van der Waals surface area contributed by atoms with Crippen molar-refractivity contribution in [2.24, 2.45) is 29.0 Å². The molecule has 14 amide bonds. The molecular formula is C78H111N21O19. The molecule has 0 aliphatic carbocycles. The van der Waals surface area contributed by atoms with E-state index in [-0.39, 0.29) is 88.4 Å². The number of aromatic nitrogens is 3. The zero-order valence-electron chi connectivity index (χ0n) is 66.5. The number of hydrogen-bond donors (Lipinski definition) is 23. The third kappa shape index (κ3) is 29.9. The highest BCUT2D eigenvalue weighted by Gasteiger charge is 2.41. The van der Waals surface area contributed by atoms with Crippen molar-refractivity contribution in [2.45, 2.75) is 197 Å². The number of nitrogens with two attached hydrogens (primary N) is 3. The van der Waals surface area contributed by atoms with E-state index >= 15 is 14.4 Å². The van der Waals surface area contributed by atoms with E-state index in [0.29, 0.717) is 46.9 Å². The van der Waals surface area contributed by atoms with Crippen molar-refractivity contribution in [3.63, 3.8) is 0 Å². The fourth-order valence-electron chi connectivity index (χ4n) is 13.1. The molecule has 0 radical (unpaired) electrons. The number of imidazole rings is 1. The van der Waals surface area contributed by atoms with Crippen molar-refractivity contribution in [3.8, 4) is 5.75 Å². The number of fused-ring (bicyclic) bond motifs is 1. The summed E-state index contributed by atoms with van der Waals surface area (Å²) < 4.78 is 0. The summed E-state index contributed by atoms with van der Waals surface area (Å²) in [6.07, 6.45) is 3.30. The number of carboxylic acids is 1. The molecule has 0 spiro atoms. The first kappa shape index (κ1) is 94.3. The van der Waals surface area contributed by atoms with Crippen LogP contribution in [0.4, 0.5) is 0 Å². The Balaban J connectivity index is 1.25. The summed E-state index contributed by atoms with van der Waals surface area (Å²) in [5, 5.41) is 82.0. The third-order valence-corrected chi connectivity index (χ3v) is 19.8. The fraction of sp³-hybridized carbons (Fsp3) is 0.500. The number of para-hydroxylation sites is 1. The number of benzene rings is 3. The molecule has 5 aromatic rings. The maximum absolute atomic E-state index is 15.2. The number of carbonyl (C=O) groups is 15. The molecule has 642 valence electrons. The molecule has 2 aromatic heterocycles. The van der Waals surface area contributed by atoms with Crippen molar-refractivity contribution < 1.29 is 92.3 Å². The lowest BCUT2D eigenvalue weighted by Crippen LogP contribution is -2.62. The second kappa shape index (κ2) is 47.4. The number of rotatable bonds is 49. The number of carbonyl (C=O) groups excluding carboxylic acids is 14. The number of aliphatic hydroxyl groups excluding tert-OH is 2. The molecule has 1 aliphatic rings. The lowest BCUT2D eigenvalue weighted by Gasteiger charge is -2.30. The topological polar surface area (TPSA) is 643 Å². The first-order valence-electron chi connectivity index (χ1n) is 39.0. The molecule has 3 aromatic carbocycles. The van der Waals surface area contributed by atoms with E-state index in [1.165, 1.54) is 48.6 Å². The minimum atomic E-state index is -1.84. The monoisotopic (exact) mass is 1650 g/mol. The zero-order chi connectivity index (χ0) is 86.7. The van der Waals surface area contributed by atoms with Crippen molar-refractivity contribution in [3.05, 3.63) is 120 Å². The first-order valence-corrected chi connectivity index (χ1v) is 39.0. The number of amides is 14. The Morgan fingerprint density at radius 1 is 0.568 bits per heavy atom. The van der Waals surface area contributed by atoms with Gasteiger partial charge in [-0.05, 0) is 105 Å². The molecular weight excluding hydrogens is 1530 g/mol. The Labute approximate surface area is 680 Å². The van der Waals surface area contributed by atoms with Gasteiger partial charge in [-0.25, -0.2) is 4.98 Å². The van der Waals surface area contributed by atoms with Crippen LogP contribution in [0.2, 0.25) is 0 Å². The van der Waals surface area contributed by atoms with Crippen LogP contribution in [0, 0.1) is 17.2 Å².